The number of rotatable bonds is 18. The van der Waals surface area contributed by atoms with Crippen molar-refractivity contribution in [3.05, 3.63) is 119 Å². The van der Waals surface area contributed by atoms with Crippen molar-refractivity contribution >= 4 is 57.9 Å². The molecule has 8 aromatic rings. The number of ether oxygens (including phenoxy) is 6. The van der Waals surface area contributed by atoms with Crippen LogP contribution in [0, 0.1) is 0 Å². The lowest BCUT2D eigenvalue weighted by Gasteiger charge is -2.22. The quantitative estimate of drug-likeness (QED) is 0.0368. The summed E-state index contributed by atoms with van der Waals surface area (Å²) >= 11 is 0. The Morgan fingerprint density at radius 1 is 0.548 bits per heavy atom. The summed E-state index contributed by atoms with van der Waals surface area (Å²) in [6.45, 7) is 21.4. The zero-order valence-electron chi connectivity index (χ0n) is 42.4. The van der Waals surface area contributed by atoms with Crippen molar-refractivity contribution in [1.82, 2.24) is 28.1 Å². The fourth-order valence-electron chi connectivity index (χ4n) is 7.70. The molecule has 0 amide bonds. The molecule has 0 spiro atoms. The Balaban J connectivity index is 0.000000214. The van der Waals surface area contributed by atoms with Gasteiger partial charge in [-0.2, -0.15) is 0 Å². The van der Waals surface area contributed by atoms with Crippen molar-refractivity contribution in [2.24, 2.45) is 0 Å². The number of methoxy groups -OCH3 is 1. The predicted molar refractivity (Wildman–Crippen MR) is 266 cm³/mol. The van der Waals surface area contributed by atoms with Gasteiger partial charge in [-0.15, -0.1) is 28.1 Å². The van der Waals surface area contributed by atoms with Crippen molar-refractivity contribution in [3.8, 4) is 22.9 Å². The van der Waals surface area contributed by atoms with Gasteiger partial charge in [0.25, 0.3) is 0 Å². The van der Waals surface area contributed by atoms with E-state index in [1.54, 1.807) is 54.2 Å². The molecule has 0 fully saturated rings. The van der Waals surface area contributed by atoms with Crippen LogP contribution in [0.3, 0.4) is 0 Å². The minimum atomic E-state index is -0.589. The Kier molecular flexibility index (Phi) is 14.9. The molecular weight excluding hydrogens is 945 g/mol. The van der Waals surface area contributed by atoms with Crippen LogP contribution in [-0.2, 0) is 65.9 Å². The smallest absolute Gasteiger partial charge is 0.338 e. The molecule has 4 aromatic heterocycles. The van der Waals surface area contributed by atoms with Crippen molar-refractivity contribution in [1.29, 1.82) is 0 Å². The molecule has 0 atom stereocenters. The first-order valence-electron chi connectivity index (χ1n) is 23.4. The number of hydrogen-bond acceptors (Lipinski definition) is 14. The second kappa shape index (κ2) is 20.7. The van der Waals surface area contributed by atoms with Gasteiger partial charge >= 0.3 is 35.8 Å². The summed E-state index contributed by atoms with van der Waals surface area (Å²) in [7, 11) is 1.34. The van der Waals surface area contributed by atoms with E-state index in [1.807, 2.05) is 89.1 Å². The highest BCUT2D eigenvalue weighted by molar-refractivity contribution is 5.96. The molecule has 4 aromatic carbocycles. The number of esters is 6. The topological polar surface area (TPSA) is 226 Å². The Morgan fingerprint density at radius 2 is 1.00 bits per heavy atom. The van der Waals surface area contributed by atoms with Crippen LogP contribution in [0.25, 0.3) is 33.4 Å². The Bertz CT molecular complexity index is 3390. The number of hydrogen-bond donors (Lipinski definition) is 2. The molecule has 0 saturated carbocycles. The van der Waals surface area contributed by atoms with Gasteiger partial charge < -0.3 is 38.6 Å². The van der Waals surface area contributed by atoms with Crippen LogP contribution >= 0.6 is 0 Å². The molecule has 0 aliphatic heterocycles. The molecule has 20 heteroatoms. The Labute approximate surface area is 419 Å². The van der Waals surface area contributed by atoms with E-state index in [2.05, 4.69) is 13.2 Å². The van der Waals surface area contributed by atoms with E-state index in [-0.39, 0.29) is 67.3 Å². The molecule has 20 nitrogen and oxygen atoms in total. The molecule has 73 heavy (non-hydrogen) atoms. The van der Waals surface area contributed by atoms with Crippen LogP contribution in [0.4, 0.5) is 0 Å². The first-order chi connectivity index (χ1) is 34.4. The molecule has 4 heterocycles. The number of aromatic nitrogens is 6. The fourth-order valence-corrected chi connectivity index (χ4v) is 7.70. The maximum atomic E-state index is 12.4. The van der Waals surface area contributed by atoms with Crippen molar-refractivity contribution < 1.29 is 67.4 Å². The summed E-state index contributed by atoms with van der Waals surface area (Å²) < 4.78 is 37.7. The minimum absolute atomic E-state index is 0.0279. The SMILES string of the molecule is C=C(C)C(=O)OCCOC(=O)CCc1cc(-n2n3c4ccc(C(=O)OC)cc4n23)c(O)c(C(C)(C)C)c1.C=C(C)C(=O)OCCOC(=O)CCc1ccc(O)c(-n2n3c4ccc(C(=O)OC(C)(C)C)cc4n23)c1. The van der Waals surface area contributed by atoms with Gasteiger partial charge in [0.15, 0.2) is 0 Å². The average Bonchev–Trinajstić information content (AvgIpc) is 4.20. The molecule has 0 aliphatic rings. The number of benzene rings is 4. The summed E-state index contributed by atoms with van der Waals surface area (Å²) in [5.41, 5.74) is 7.48. The highest BCUT2D eigenvalue weighted by atomic mass is 16.6. The standard InChI is InChI=1S/C27H31N3O7.C26H29N3O7/c1-16(2)25(33)37-12-11-36-23(31)10-7-17-13-19(27(3,4)5)24(32)22(14-17)30-28-20-9-8-18(26(34)35-6)15-21(20)29(28)30;1-16(2)24(32)35-13-12-34-23(31)11-7-17-6-10-22(30)21(14-17)29-27-19-9-8-18(15-20(19)28(27)29)25(33)36-26(3,4)5/h8-9,13-15,32H,1,7,10-12H2,2-6H3;6,8-10,14-15,30H,1,7,11-13H2,2-5H3. The number of aromatic hydroxyl groups is 2. The molecule has 0 aliphatic carbocycles. The average molecular weight is 1010 g/mol. The van der Waals surface area contributed by atoms with Gasteiger partial charge in [0.05, 0.1) is 18.2 Å². The third-order valence-electron chi connectivity index (χ3n) is 11.4. The van der Waals surface area contributed by atoms with Crippen LogP contribution in [0.1, 0.15) is 106 Å². The number of phenols is 2. The summed E-state index contributed by atoms with van der Waals surface area (Å²) in [6.07, 6.45) is 1.05. The van der Waals surface area contributed by atoms with E-state index < -0.39 is 41.4 Å². The van der Waals surface area contributed by atoms with Gasteiger partial charge in [0.2, 0.25) is 0 Å². The van der Waals surface area contributed by atoms with Gasteiger partial charge in [-0.3, -0.25) is 9.59 Å². The van der Waals surface area contributed by atoms with E-state index in [1.165, 1.54) is 14.0 Å². The van der Waals surface area contributed by atoms with Crippen LogP contribution < -0.4 is 0 Å². The fraction of sp³-hybridized carbons (Fsp3) is 0.358. The number of nitrogens with zero attached hydrogens (tertiary/aromatic N) is 6. The normalized spacial score (nSPS) is 11.8. The number of carbonyl (C=O) groups excluding carboxylic acids is 6. The number of fused-ring (bicyclic) bond motifs is 8. The van der Waals surface area contributed by atoms with Crippen molar-refractivity contribution in [2.75, 3.05) is 33.5 Å². The van der Waals surface area contributed by atoms with Crippen molar-refractivity contribution in [2.45, 2.75) is 92.1 Å². The molecule has 8 rings (SSSR count). The van der Waals surface area contributed by atoms with E-state index in [0.717, 1.165) is 38.8 Å². The Morgan fingerprint density at radius 3 is 1.48 bits per heavy atom. The van der Waals surface area contributed by atoms with Crippen LogP contribution in [-0.4, -0.2) is 113 Å². The molecule has 2 N–H and O–H groups in total. The van der Waals surface area contributed by atoms with E-state index >= 15 is 0 Å². The first kappa shape index (κ1) is 52.4. The third kappa shape index (κ3) is 11.7. The summed E-state index contributed by atoms with van der Waals surface area (Å²) in [4.78, 5) is 74.9. The van der Waals surface area contributed by atoms with Gasteiger partial charge in [-0.25, -0.2) is 19.2 Å². The summed E-state index contributed by atoms with van der Waals surface area (Å²) in [5.74, 6) is -2.49. The lowest BCUT2D eigenvalue weighted by atomic mass is 9.84. The van der Waals surface area contributed by atoms with Gasteiger partial charge in [0.1, 0.15) is 77.0 Å². The molecule has 386 valence electrons. The highest BCUT2D eigenvalue weighted by Gasteiger charge is 2.31. The van der Waals surface area contributed by atoms with Gasteiger partial charge in [-0.05, 0) is 119 Å². The predicted octanol–water partition coefficient (Wildman–Crippen LogP) is 7.48. The van der Waals surface area contributed by atoms with Crippen LogP contribution in [0.15, 0.2) is 91.0 Å². The van der Waals surface area contributed by atoms with Gasteiger partial charge in [0, 0.05) is 29.6 Å². The molecular formula is C53H60N6O14. The van der Waals surface area contributed by atoms with Crippen molar-refractivity contribution in [3.63, 3.8) is 0 Å². The number of carbonyl (C=O) groups is 6. The molecule has 0 unspecified atom stereocenters. The van der Waals surface area contributed by atoms with E-state index in [0.29, 0.717) is 35.3 Å². The molecule has 0 saturated heterocycles. The monoisotopic (exact) mass is 1000 g/mol. The maximum absolute atomic E-state index is 12.4. The highest BCUT2D eigenvalue weighted by Crippen LogP contribution is 2.39. The largest absolute Gasteiger partial charge is 0.506 e. The van der Waals surface area contributed by atoms with Crippen LogP contribution in [0.5, 0.6) is 11.5 Å². The third-order valence-corrected chi connectivity index (χ3v) is 11.4. The Hall–Kier alpha value is -8.42. The first-order valence-corrected chi connectivity index (χ1v) is 23.4. The molecule has 0 bridgehead atoms. The maximum Gasteiger partial charge on any atom is 0.338 e. The molecule has 0 radical (unpaired) electrons. The second-order valence-electron chi connectivity index (χ2n) is 19.5. The second-order valence-corrected chi connectivity index (χ2v) is 19.5. The van der Waals surface area contributed by atoms with Gasteiger partial charge in [-0.1, -0.05) is 46.1 Å². The number of phenolic OH excluding ortho intramolecular Hbond substituents is 2. The summed E-state index contributed by atoms with van der Waals surface area (Å²) in [6, 6.07) is 19.4. The lowest BCUT2D eigenvalue weighted by Crippen LogP contribution is -2.23. The van der Waals surface area contributed by atoms with E-state index in [4.69, 9.17) is 28.4 Å². The lowest BCUT2D eigenvalue weighted by molar-refractivity contribution is -0.150. The zero-order chi connectivity index (χ0) is 53.3. The number of aryl methyl sites for hydroxylation is 2. The summed E-state index contributed by atoms with van der Waals surface area (Å²) in [5, 5.41) is 21.6. The van der Waals surface area contributed by atoms with E-state index in [9.17, 15) is 39.0 Å². The zero-order valence-corrected chi connectivity index (χ0v) is 42.4. The minimum Gasteiger partial charge on any atom is -0.506 e. The van der Waals surface area contributed by atoms with Crippen LogP contribution in [0.2, 0.25) is 0 Å².